The second kappa shape index (κ2) is 4.10. The zero-order valence-corrected chi connectivity index (χ0v) is 4.96. The van der Waals surface area contributed by atoms with Crippen molar-refractivity contribution in [3.05, 3.63) is 0 Å². The summed E-state index contributed by atoms with van der Waals surface area (Å²) in [6, 6.07) is 0. The molecule has 0 aliphatic heterocycles. The average molecular weight is 148 g/mol. The van der Waals surface area contributed by atoms with Crippen LogP contribution in [0.15, 0.2) is 0 Å². The van der Waals surface area contributed by atoms with Crippen molar-refractivity contribution in [2.24, 2.45) is 0 Å². The summed E-state index contributed by atoms with van der Waals surface area (Å²) in [4.78, 5) is 25.5. The third-order valence-electron chi connectivity index (χ3n) is 0.247. The number of phosphoric acid groups is 1. The second-order valence-electron chi connectivity index (χ2n) is 1.07. The van der Waals surface area contributed by atoms with Crippen LogP contribution in [0.4, 0.5) is 0 Å². The van der Waals surface area contributed by atoms with Crippen LogP contribution in [-0.2, 0) is 13.9 Å². The van der Waals surface area contributed by atoms with Gasteiger partial charge in [0.25, 0.3) is 0 Å². The maximum absolute atomic E-state index is 9.74. The maximum atomic E-state index is 9.74. The molecule has 50 valence electrons. The van der Waals surface area contributed by atoms with Gasteiger partial charge in [0.1, 0.15) is 0 Å². The first-order valence-corrected chi connectivity index (χ1v) is 3.20. The monoisotopic (exact) mass is 148 g/mol. The van der Waals surface area contributed by atoms with Crippen molar-refractivity contribution in [3.63, 3.8) is 0 Å². The molecule has 0 fully saturated rings. The molecule has 0 aromatic carbocycles. The summed E-state index contributed by atoms with van der Waals surface area (Å²) < 4.78 is 13.2. The predicted molar refractivity (Wildman–Crippen MR) is 31.0 cm³/mol. The third kappa shape index (κ3) is 11.7. The van der Waals surface area contributed by atoms with E-state index >= 15 is 0 Å². The fourth-order valence-corrected chi connectivity index (χ4v) is 0.502. The van der Waals surface area contributed by atoms with E-state index in [9.17, 15) is 9.36 Å². The van der Waals surface area contributed by atoms with Crippen LogP contribution in [0.5, 0.6) is 0 Å². The molecule has 0 saturated heterocycles. The Morgan fingerprint density at radius 2 is 1.89 bits per heavy atom. The molecular formula is C2H6LiO5P. The Kier molecular flexibility index (Phi) is 5.44. The summed E-state index contributed by atoms with van der Waals surface area (Å²) in [6.07, 6.45) is 0. The van der Waals surface area contributed by atoms with Gasteiger partial charge in [-0.2, -0.15) is 0 Å². The van der Waals surface area contributed by atoms with Crippen LogP contribution in [0.1, 0.15) is 6.92 Å². The SMILES string of the molecule is CC(=O)OP(=O)(O)O.[LiH]. The van der Waals surface area contributed by atoms with Crippen molar-refractivity contribution >= 4 is 32.7 Å². The van der Waals surface area contributed by atoms with Gasteiger partial charge in [-0.15, -0.1) is 0 Å². The fraction of sp³-hybridized carbons (Fsp3) is 0.500. The zero-order valence-electron chi connectivity index (χ0n) is 4.07. The van der Waals surface area contributed by atoms with E-state index in [-0.39, 0.29) is 18.9 Å². The zero-order chi connectivity index (χ0) is 6.78. The Balaban J connectivity index is 0. The number of hydrogen-bond donors (Lipinski definition) is 2. The molecule has 0 saturated carbocycles. The first-order chi connectivity index (χ1) is 3.42. The summed E-state index contributed by atoms with van der Waals surface area (Å²) in [5.41, 5.74) is 0. The Labute approximate surface area is 63.8 Å². The molecule has 0 bridgehead atoms. The normalized spacial score (nSPS) is 9.67. The van der Waals surface area contributed by atoms with Gasteiger partial charge in [-0.1, -0.05) is 0 Å². The van der Waals surface area contributed by atoms with Crippen LogP contribution in [0.2, 0.25) is 0 Å². The molecule has 0 aliphatic rings. The minimum absolute atomic E-state index is 0. The van der Waals surface area contributed by atoms with Gasteiger partial charge in [0.05, 0.1) is 0 Å². The van der Waals surface area contributed by atoms with Crippen molar-refractivity contribution in [2.75, 3.05) is 0 Å². The van der Waals surface area contributed by atoms with Crippen molar-refractivity contribution < 1.29 is 23.7 Å². The summed E-state index contributed by atoms with van der Waals surface area (Å²) in [5, 5.41) is 0. The van der Waals surface area contributed by atoms with Gasteiger partial charge in [0.2, 0.25) is 0 Å². The molecule has 5 nitrogen and oxygen atoms in total. The number of carbonyl (C=O) groups is 1. The second-order valence-corrected chi connectivity index (χ2v) is 2.24. The number of phosphoric ester groups is 1. The van der Waals surface area contributed by atoms with Crippen LogP contribution in [-0.4, -0.2) is 34.6 Å². The summed E-state index contributed by atoms with van der Waals surface area (Å²) in [5.74, 6) is -0.988. The molecule has 0 heterocycles. The molecular weight excluding hydrogens is 142 g/mol. The predicted octanol–water partition coefficient (Wildman–Crippen LogP) is -1.01. The summed E-state index contributed by atoms with van der Waals surface area (Å²) in [6.45, 7) is 0.916. The van der Waals surface area contributed by atoms with Crippen LogP contribution in [0.3, 0.4) is 0 Å². The van der Waals surface area contributed by atoms with Gasteiger partial charge < -0.3 is 4.52 Å². The average Bonchev–Trinajstić information content (AvgIpc) is 1.21. The Morgan fingerprint density at radius 3 is 1.89 bits per heavy atom. The van der Waals surface area contributed by atoms with Gasteiger partial charge in [-0.3, -0.25) is 14.6 Å². The van der Waals surface area contributed by atoms with Gasteiger partial charge >= 0.3 is 32.7 Å². The van der Waals surface area contributed by atoms with E-state index in [0.29, 0.717) is 0 Å². The topological polar surface area (TPSA) is 83.8 Å². The van der Waals surface area contributed by atoms with Gasteiger partial charge in [0, 0.05) is 6.92 Å². The molecule has 0 aliphatic carbocycles. The molecule has 0 aromatic rings. The Hall–Kier alpha value is 0.217. The van der Waals surface area contributed by atoms with E-state index in [2.05, 4.69) is 4.52 Å². The first-order valence-electron chi connectivity index (χ1n) is 1.67. The molecule has 0 unspecified atom stereocenters. The van der Waals surface area contributed by atoms with Crippen LogP contribution >= 0.6 is 7.82 Å². The summed E-state index contributed by atoms with van der Waals surface area (Å²) >= 11 is 0. The molecule has 2 N–H and O–H groups in total. The standard InChI is InChI=1S/C2H5O5P.Li.H/c1-2(3)7-8(4,5)6;;/h1H3,(H2,4,5,6);;. The van der Waals surface area contributed by atoms with E-state index in [4.69, 9.17) is 9.79 Å². The minimum atomic E-state index is -4.57. The number of carbonyl (C=O) groups excluding carboxylic acids is 1. The molecule has 9 heavy (non-hydrogen) atoms. The van der Waals surface area contributed by atoms with E-state index in [0.717, 1.165) is 6.92 Å². The van der Waals surface area contributed by atoms with E-state index in [1.165, 1.54) is 0 Å². The third-order valence-corrected chi connectivity index (χ3v) is 0.742. The van der Waals surface area contributed by atoms with E-state index < -0.39 is 13.8 Å². The molecule has 0 radical (unpaired) electrons. The number of hydrogen-bond acceptors (Lipinski definition) is 3. The Morgan fingerprint density at radius 1 is 1.56 bits per heavy atom. The Bertz CT molecular complexity index is 138. The molecule has 0 atom stereocenters. The van der Waals surface area contributed by atoms with Gasteiger partial charge in [-0.25, -0.2) is 4.57 Å². The molecule has 0 aromatic heterocycles. The van der Waals surface area contributed by atoms with Crippen molar-refractivity contribution in [1.29, 1.82) is 0 Å². The van der Waals surface area contributed by atoms with Gasteiger partial charge in [-0.05, 0) is 0 Å². The first kappa shape index (κ1) is 11.9. The molecule has 0 spiro atoms. The van der Waals surface area contributed by atoms with Crippen molar-refractivity contribution in [2.45, 2.75) is 6.92 Å². The van der Waals surface area contributed by atoms with Crippen molar-refractivity contribution in [3.8, 4) is 0 Å². The van der Waals surface area contributed by atoms with E-state index in [1.54, 1.807) is 0 Å². The van der Waals surface area contributed by atoms with Gasteiger partial charge in [0.15, 0.2) is 0 Å². The van der Waals surface area contributed by atoms with Crippen LogP contribution < -0.4 is 0 Å². The molecule has 0 amide bonds. The van der Waals surface area contributed by atoms with Crippen LogP contribution in [0, 0.1) is 0 Å². The van der Waals surface area contributed by atoms with Crippen LogP contribution in [0.25, 0.3) is 0 Å². The molecule has 7 heteroatoms. The van der Waals surface area contributed by atoms with Crippen molar-refractivity contribution in [1.82, 2.24) is 0 Å². The quantitative estimate of drug-likeness (QED) is 0.367. The number of rotatable bonds is 1. The fourth-order valence-electron chi connectivity index (χ4n) is 0.167. The van der Waals surface area contributed by atoms with E-state index in [1.807, 2.05) is 0 Å². The summed E-state index contributed by atoms with van der Waals surface area (Å²) in [7, 11) is -4.57. The molecule has 0 rings (SSSR count).